The van der Waals surface area contributed by atoms with Gasteiger partial charge < -0.3 is 10.2 Å². The van der Waals surface area contributed by atoms with Crippen LogP contribution in [0.3, 0.4) is 0 Å². The molecule has 2 fully saturated rings. The van der Waals surface area contributed by atoms with Crippen LogP contribution in [-0.4, -0.2) is 36.5 Å². The van der Waals surface area contributed by atoms with E-state index in [9.17, 15) is 9.18 Å². The lowest BCUT2D eigenvalue weighted by molar-refractivity contribution is -0.134. The molecule has 3 nitrogen and oxygen atoms in total. The van der Waals surface area contributed by atoms with Crippen LogP contribution in [0.1, 0.15) is 31.2 Å². The third kappa shape index (κ3) is 4.20. The van der Waals surface area contributed by atoms with Gasteiger partial charge in [-0.2, -0.15) is 0 Å². The maximum atomic E-state index is 13.2. The molecule has 3 rings (SSSR count). The van der Waals surface area contributed by atoms with E-state index < -0.39 is 0 Å². The van der Waals surface area contributed by atoms with Crippen molar-refractivity contribution in [3.63, 3.8) is 0 Å². The molecule has 0 aliphatic carbocycles. The third-order valence-corrected chi connectivity index (χ3v) is 4.70. The first-order valence-electron chi connectivity index (χ1n) is 7.99. The fourth-order valence-corrected chi connectivity index (χ4v) is 3.47. The summed E-state index contributed by atoms with van der Waals surface area (Å²) in [6.07, 6.45) is 5.04. The molecule has 0 bridgehead atoms. The number of benzene rings is 1. The first kappa shape index (κ1) is 17.2. The summed E-state index contributed by atoms with van der Waals surface area (Å²) in [5, 5.41) is 3.28. The minimum atomic E-state index is -0.160. The molecule has 1 unspecified atom stereocenters. The zero-order valence-corrected chi connectivity index (χ0v) is 13.6. The molecule has 1 amide bonds. The Morgan fingerprint density at radius 1 is 1.27 bits per heavy atom. The number of nitrogens with one attached hydrogen (secondary N) is 1. The maximum Gasteiger partial charge on any atom is 0.239 e. The Hall–Kier alpha value is -1.13. The SMILES string of the molecule is Cl.O=C(C1CCCN1)N1CCC(Cc2cccc(F)c2)CC1. The van der Waals surface area contributed by atoms with Gasteiger partial charge in [0.1, 0.15) is 5.82 Å². The molecule has 2 aliphatic heterocycles. The lowest BCUT2D eigenvalue weighted by atomic mass is 9.90. The molecule has 2 saturated heterocycles. The van der Waals surface area contributed by atoms with Gasteiger partial charge in [-0.15, -0.1) is 12.4 Å². The molecule has 0 aromatic heterocycles. The van der Waals surface area contributed by atoms with Gasteiger partial charge in [0.15, 0.2) is 0 Å². The van der Waals surface area contributed by atoms with E-state index in [1.165, 1.54) is 6.07 Å². The Morgan fingerprint density at radius 2 is 2.05 bits per heavy atom. The van der Waals surface area contributed by atoms with Gasteiger partial charge >= 0.3 is 0 Å². The van der Waals surface area contributed by atoms with Crippen LogP contribution in [0.15, 0.2) is 24.3 Å². The van der Waals surface area contributed by atoms with E-state index in [1.807, 2.05) is 11.0 Å². The number of rotatable bonds is 3. The molecule has 0 saturated carbocycles. The van der Waals surface area contributed by atoms with E-state index in [0.29, 0.717) is 5.92 Å². The summed E-state index contributed by atoms with van der Waals surface area (Å²) in [6.45, 7) is 2.65. The van der Waals surface area contributed by atoms with Crippen LogP contribution in [0.5, 0.6) is 0 Å². The fraction of sp³-hybridized carbons (Fsp3) is 0.588. The normalized spacial score (nSPS) is 22.4. The second-order valence-corrected chi connectivity index (χ2v) is 6.25. The number of carbonyl (C=O) groups excluding carboxylic acids is 1. The lowest BCUT2D eigenvalue weighted by Gasteiger charge is -2.33. The molecule has 1 atom stereocenters. The minimum Gasteiger partial charge on any atom is -0.341 e. The zero-order chi connectivity index (χ0) is 14.7. The maximum absolute atomic E-state index is 13.2. The molecule has 1 aromatic carbocycles. The molecule has 1 N–H and O–H groups in total. The minimum absolute atomic E-state index is 0. The second kappa shape index (κ2) is 7.93. The Morgan fingerprint density at radius 3 is 2.68 bits per heavy atom. The van der Waals surface area contributed by atoms with Gasteiger partial charge in [0.2, 0.25) is 5.91 Å². The number of likely N-dealkylation sites (tertiary alicyclic amines) is 1. The summed E-state index contributed by atoms with van der Waals surface area (Å²) in [6, 6.07) is 6.92. The third-order valence-electron chi connectivity index (χ3n) is 4.70. The standard InChI is InChI=1S/C17H23FN2O.ClH/c18-15-4-1-3-14(12-15)11-13-6-9-20(10-7-13)17(21)16-5-2-8-19-16;/h1,3-4,12-13,16,19H,2,5-11H2;1H. The van der Waals surface area contributed by atoms with Crippen molar-refractivity contribution in [1.29, 1.82) is 0 Å². The van der Waals surface area contributed by atoms with Gasteiger partial charge in [0.25, 0.3) is 0 Å². The molecule has 0 radical (unpaired) electrons. The first-order chi connectivity index (χ1) is 10.2. The largest absolute Gasteiger partial charge is 0.341 e. The van der Waals surface area contributed by atoms with Crippen molar-refractivity contribution < 1.29 is 9.18 Å². The van der Waals surface area contributed by atoms with Crippen LogP contribution in [0.25, 0.3) is 0 Å². The highest BCUT2D eigenvalue weighted by molar-refractivity contribution is 5.85. The molecule has 22 heavy (non-hydrogen) atoms. The molecule has 5 heteroatoms. The topological polar surface area (TPSA) is 32.3 Å². The molecule has 122 valence electrons. The summed E-state index contributed by atoms with van der Waals surface area (Å²) >= 11 is 0. The van der Waals surface area contributed by atoms with E-state index in [2.05, 4.69) is 5.32 Å². The van der Waals surface area contributed by atoms with E-state index >= 15 is 0 Å². The van der Waals surface area contributed by atoms with Crippen molar-refractivity contribution in [2.75, 3.05) is 19.6 Å². The van der Waals surface area contributed by atoms with Crippen LogP contribution in [0, 0.1) is 11.7 Å². The van der Waals surface area contributed by atoms with E-state index in [1.54, 1.807) is 12.1 Å². The summed E-state index contributed by atoms with van der Waals surface area (Å²) in [5.41, 5.74) is 1.07. The monoisotopic (exact) mass is 326 g/mol. The smallest absolute Gasteiger partial charge is 0.239 e. The highest BCUT2D eigenvalue weighted by atomic mass is 35.5. The Bertz CT molecular complexity index is 497. The van der Waals surface area contributed by atoms with Gasteiger partial charge in [-0.1, -0.05) is 12.1 Å². The number of piperidine rings is 1. The van der Waals surface area contributed by atoms with Crippen LogP contribution in [0.4, 0.5) is 4.39 Å². The quantitative estimate of drug-likeness (QED) is 0.926. The molecule has 1 aromatic rings. The highest BCUT2D eigenvalue weighted by Crippen LogP contribution is 2.23. The second-order valence-electron chi connectivity index (χ2n) is 6.25. The zero-order valence-electron chi connectivity index (χ0n) is 12.8. The molecule has 2 heterocycles. The van der Waals surface area contributed by atoms with Gasteiger partial charge in [-0.25, -0.2) is 4.39 Å². The van der Waals surface area contributed by atoms with Crippen LogP contribution in [-0.2, 0) is 11.2 Å². The van der Waals surface area contributed by atoms with Crippen molar-refractivity contribution in [1.82, 2.24) is 10.2 Å². The van der Waals surface area contributed by atoms with E-state index in [4.69, 9.17) is 0 Å². The summed E-state index contributed by atoms with van der Waals surface area (Å²) in [5.74, 6) is 0.677. The summed E-state index contributed by atoms with van der Waals surface area (Å²) in [4.78, 5) is 14.3. The van der Waals surface area contributed by atoms with Crippen molar-refractivity contribution in [2.45, 2.75) is 38.1 Å². The van der Waals surface area contributed by atoms with Crippen LogP contribution < -0.4 is 5.32 Å². The van der Waals surface area contributed by atoms with Crippen LogP contribution in [0.2, 0.25) is 0 Å². The summed E-state index contributed by atoms with van der Waals surface area (Å²) < 4.78 is 13.2. The number of nitrogens with zero attached hydrogens (tertiary/aromatic N) is 1. The van der Waals surface area contributed by atoms with Gasteiger partial charge in [0, 0.05) is 13.1 Å². The van der Waals surface area contributed by atoms with Crippen molar-refractivity contribution >= 4 is 18.3 Å². The Balaban J connectivity index is 0.00000176. The Labute approximate surface area is 137 Å². The first-order valence-corrected chi connectivity index (χ1v) is 7.99. The van der Waals surface area contributed by atoms with Gasteiger partial charge in [0.05, 0.1) is 6.04 Å². The predicted molar refractivity (Wildman–Crippen MR) is 87.7 cm³/mol. The van der Waals surface area contributed by atoms with E-state index in [0.717, 1.165) is 57.3 Å². The van der Waals surface area contributed by atoms with Crippen molar-refractivity contribution in [2.24, 2.45) is 5.92 Å². The van der Waals surface area contributed by atoms with Gasteiger partial charge in [-0.05, 0) is 62.3 Å². The highest BCUT2D eigenvalue weighted by Gasteiger charge is 2.29. The fourth-order valence-electron chi connectivity index (χ4n) is 3.47. The Kier molecular flexibility index (Phi) is 6.21. The number of hydrogen-bond donors (Lipinski definition) is 1. The molecular formula is C17H24ClFN2O. The number of amides is 1. The van der Waals surface area contributed by atoms with E-state index in [-0.39, 0.29) is 30.2 Å². The number of carbonyl (C=O) groups is 1. The van der Waals surface area contributed by atoms with Crippen molar-refractivity contribution in [3.8, 4) is 0 Å². The molecule has 2 aliphatic rings. The van der Waals surface area contributed by atoms with Crippen LogP contribution >= 0.6 is 12.4 Å². The predicted octanol–water partition coefficient (Wildman–Crippen LogP) is 2.78. The average Bonchev–Trinajstić information content (AvgIpc) is 3.01. The number of halogens is 2. The molecular weight excluding hydrogens is 303 g/mol. The summed E-state index contributed by atoms with van der Waals surface area (Å²) in [7, 11) is 0. The average molecular weight is 327 g/mol. The lowest BCUT2D eigenvalue weighted by Crippen LogP contribution is -2.47. The number of hydrogen-bond acceptors (Lipinski definition) is 2. The molecule has 0 spiro atoms. The van der Waals surface area contributed by atoms with Crippen molar-refractivity contribution in [3.05, 3.63) is 35.6 Å². The van der Waals surface area contributed by atoms with Gasteiger partial charge in [-0.3, -0.25) is 4.79 Å².